The Hall–Kier alpha value is -3.51. The maximum atomic E-state index is 12.0. The van der Waals surface area contributed by atoms with Crippen molar-refractivity contribution in [1.82, 2.24) is 0 Å². The third kappa shape index (κ3) is 6.86. The number of hydrogen-bond acceptors (Lipinski definition) is 4. The minimum Gasteiger partial charge on any atom is -0.444 e. The number of hydrogen-bond donors (Lipinski definition) is 2. The standard InChI is InChI=1S/C22H19ClN2O4/c23-18-11-19(24-21(26)28-14-16-7-3-1-4-8-16)13-20(12-18)25-22(27)29-15-17-9-5-2-6-10-17/h1-13H,14-15H2,(H,24,26)(H,25,27). The van der Waals surface area contributed by atoms with Gasteiger partial charge in [0, 0.05) is 16.4 Å². The Morgan fingerprint density at radius 3 is 1.52 bits per heavy atom. The first-order valence-electron chi connectivity index (χ1n) is 8.84. The first-order valence-corrected chi connectivity index (χ1v) is 9.22. The molecule has 0 saturated carbocycles. The van der Waals surface area contributed by atoms with Gasteiger partial charge in [-0.05, 0) is 29.3 Å². The van der Waals surface area contributed by atoms with Crippen LogP contribution in [0.5, 0.6) is 0 Å². The van der Waals surface area contributed by atoms with E-state index < -0.39 is 12.2 Å². The van der Waals surface area contributed by atoms with Crippen LogP contribution in [0.4, 0.5) is 21.0 Å². The van der Waals surface area contributed by atoms with Crippen LogP contribution in [0.25, 0.3) is 0 Å². The quantitative estimate of drug-likeness (QED) is 0.535. The summed E-state index contributed by atoms with van der Waals surface area (Å²) in [6.07, 6.45) is -1.26. The lowest BCUT2D eigenvalue weighted by Crippen LogP contribution is -2.15. The van der Waals surface area contributed by atoms with Crippen molar-refractivity contribution in [2.45, 2.75) is 13.2 Å². The van der Waals surface area contributed by atoms with Crippen LogP contribution in [0.15, 0.2) is 78.9 Å². The third-order valence-electron chi connectivity index (χ3n) is 3.82. The van der Waals surface area contributed by atoms with Crippen molar-refractivity contribution < 1.29 is 19.1 Å². The maximum Gasteiger partial charge on any atom is 0.411 e. The topological polar surface area (TPSA) is 76.7 Å². The number of carbonyl (C=O) groups is 2. The molecular weight excluding hydrogens is 392 g/mol. The highest BCUT2D eigenvalue weighted by Crippen LogP contribution is 2.23. The molecule has 2 amide bonds. The van der Waals surface area contributed by atoms with Gasteiger partial charge in [-0.15, -0.1) is 0 Å². The highest BCUT2D eigenvalue weighted by atomic mass is 35.5. The molecule has 3 aromatic carbocycles. The Morgan fingerprint density at radius 2 is 1.10 bits per heavy atom. The number of ether oxygens (including phenoxy) is 2. The van der Waals surface area contributed by atoms with Crippen molar-refractivity contribution in [2.75, 3.05) is 10.6 Å². The highest BCUT2D eigenvalue weighted by Gasteiger charge is 2.09. The minimum absolute atomic E-state index is 0.143. The van der Waals surface area contributed by atoms with E-state index in [4.69, 9.17) is 21.1 Å². The molecule has 3 aromatic rings. The van der Waals surface area contributed by atoms with E-state index in [-0.39, 0.29) is 13.2 Å². The van der Waals surface area contributed by atoms with E-state index in [0.29, 0.717) is 16.4 Å². The number of benzene rings is 3. The second-order valence-corrected chi connectivity index (χ2v) is 6.54. The number of nitrogens with one attached hydrogen (secondary N) is 2. The number of rotatable bonds is 6. The molecule has 0 heterocycles. The predicted molar refractivity (Wildman–Crippen MR) is 112 cm³/mol. The van der Waals surface area contributed by atoms with Crippen LogP contribution in [0, 0.1) is 0 Å². The van der Waals surface area contributed by atoms with Crippen molar-refractivity contribution >= 4 is 35.2 Å². The molecule has 0 fully saturated rings. The molecule has 3 rings (SSSR count). The van der Waals surface area contributed by atoms with Gasteiger partial charge in [0.2, 0.25) is 0 Å². The van der Waals surface area contributed by atoms with Crippen LogP contribution in [-0.4, -0.2) is 12.2 Å². The third-order valence-corrected chi connectivity index (χ3v) is 4.03. The lowest BCUT2D eigenvalue weighted by atomic mass is 10.2. The number of halogens is 1. The van der Waals surface area contributed by atoms with E-state index in [1.807, 2.05) is 60.7 Å². The maximum absolute atomic E-state index is 12.0. The molecule has 0 spiro atoms. The monoisotopic (exact) mass is 410 g/mol. The lowest BCUT2D eigenvalue weighted by molar-refractivity contribution is 0.154. The fourth-order valence-corrected chi connectivity index (χ4v) is 2.72. The molecule has 0 aliphatic heterocycles. The van der Waals surface area contributed by atoms with E-state index in [2.05, 4.69) is 10.6 Å². The van der Waals surface area contributed by atoms with Crippen molar-refractivity contribution in [2.24, 2.45) is 0 Å². The van der Waals surface area contributed by atoms with E-state index in [1.165, 1.54) is 0 Å². The van der Waals surface area contributed by atoms with Gasteiger partial charge in [-0.1, -0.05) is 72.3 Å². The van der Waals surface area contributed by atoms with Crippen LogP contribution < -0.4 is 10.6 Å². The van der Waals surface area contributed by atoms with Gasteiger partial charge in [-0.3, -0.25) is 10.6 Å². The molecule has 0 saturated heterocycles. The molecule has 6 nitrogen and oxygen atoms in total. The summed E-state index contributed by atoms with van der Waals surface area (Å²) < 4.78 is 10.4. The summed E-state index contributed by atoms with van der Waals surface area (Å²) in [6.45, 7) is 0.286. The Balaban J connectivity index is 1.53. The summed E-state index contributed by atoms with van der Waals surface area (Å²) in [6, 6.07) is 23.3. The molecule has 148 valence electrons. The largest absolute Gasteiger partial charge is 0.444 e. The van der Waals surface area contributed by atoms with Crippen LogP contribution in [-0.2, 0) is 22.7 Å². The molecule has 0 aliphatic rings. The Labute approximate surface area is 173 Å². The van der Waals surface area contributed by atoms with Crippen molar-refractivity contribution in [3.63, 3.8) is 0 Å². The average molecular weight is 411 g/mol. The molecule has 7 heteroatoms. The molecule has 0 aliphatic carbocycles. The zero-order valence-corrected chi connectivity index (χ0v) is 16.2. The van der Waals surface area contributed by atoms with Gasteiger partial charge in [0.1, 0.15) is 13.2 Å². The lowest BCUT2D eigenvalue weighted by Gasteiger charge is -2.11. The fraction of sp³-hybridized carbons (Fsp3) is 0.0909. The number of carbonyl (C=O) groups excluding carboxylic acids is 2. The van der Waals surface area contributed by atoms with E-state index in [1.54, 1.807) is 18.2 Å². The van der Waals surface area contributed by atoms with Crippen LogP contribution in [0.1, 0.15) is 11.1 Å². The summed E-state index contributed by atoms with van der Waals surface area (Å²) in [5, 5.41) is 5.51. The fourth-order valence-electron chi connectivity index (χ4n) is 2.49. The van der Waals surface area contributed by atoms with Crippen LogP contribution in [0.3, 0.4) is 0 Å². The van der Waals surface area contributed by atoms with Gasteiger partial charge in [0.05, 0.1) is 0 Å². The summed E-state index contributed by atoms with van der Waals surface area (Å²) >= 11 is 6.08. The van der Waals surface area contributed by atoms with Crippen molar-refractivity contribution in [3.05, 3.63) is 95.0 Å². The van der Waals surface area contributed by atoms with E-state index >= 15 is 0 Å². The van der Waals surface area contributed by atoms with Gasteiger partial charge < -0.3 is 9.47 Å². The summed E-state index contributed by atoms with van der Waals surface area (Å²) in [5.41, 5.74) is 2.51. The zero-order chi connectivity index (χ0) is 20.5. The van der Waals surface area contributed by atoms with Crippen LogP contribution >= 0.6 is 11.6 Å². The smallest absolute Gasteiger partial charge is 0.411 e. The molecule has 29 heavy (non-hydrogen) atoms. The van der Waals surface area contributed by atoms with Crippen molar-refractivity contribution in [3.8, 4) is 0 Å². The minimum atomic E-state index is -0.631. The summed E-state index contributed by atoms with van der Waals surface area (Å²) in [7, 11) is 0. The molecule has 0 radical (unpaired) electrons. The Bertz CT molecular complexity index is 889. The second-order valence-electron chi connectivity index (χ2n) is 6.10. The highest BCUT2D eigenvalue weighted by molar-refractivity contribution is 6.31. The average Bonchev–Trinajstić information content (AvgIpc) is 2.72. The molecule has 0 unspecified atom stereocenters. The van der Waals surface area contributed by atoms with Gasteiger partial charge in [-0.2, -0.15) is 0 Å². The summed E-state index contributed by atoms with van der Waals surface area (Å²) in [4.78, 5) is 24.0. The molecule has 0 aromatic heterocycles. The Morgan fingerprint density at radius 1 is 0.690 bits per heavy atom. The molecule has 2 N–H and O–H groups in total. The Kier molecular flexibility index (Phi) is 7.08. The van der Waals surface area contributed by atoms with Gasteiger partial charge in [0.25, 0.3) is 0 Å². The molecular formula is C22H19ClN2O4. The first-order chi connectivity index (χ1) is 14.1. The van der Waals surface area contributed by atoms with E-state index in [9.17, 15) is 9.59 Å². The molecule has 0 atom stereocenters. The van der Waals surface area contributed by atoms with Gasteiger partial charge in [0.15, 0.2) is 0 Å². The zero-order valence-electron chi connectivity index (χ0n) is 15.4. The van der Waals surface area contributed by atoms with Crippen LogP contribution in [0.2, 0.25) is 5.02 Å². The SMILES string of the molecule is O=C(Nc1cc(Cl)cc(NC(=O)OCc2ccccc2)c1)OCc1ccccc1. The number of anilines is 2. The van der Waals surface area contributed by atoms with E-state index in [0.717, 1.165) is 11.1 Å². The summed E-state index contributed by atoms with van der Waals surface area (Å²) in [5.74, 6) is 0. The predicted octanol–water partition coefficient (Wildman–Crippen LogP) is 5.84. The number of amides is 2. The van der Waals surface area contributed by atoms with Crippen molar-refractivity contribution in [1.29, 1.82) is 0 Å². The molecule has 0 bridgehead atoms. The second kappa shape index (κ2) is 10.1. The normalized spacial score (nSPS) is 10.1. The first kappa shape index (κ1) is 20.2. The van der Waals surface area contributed by atoms with Gasteiger partial charge >= 0.3 is 12.2 Å². The van der Waals surface area contributed by atoms with Gasteiger partial charge in [-0.25, -0.2) is 9.59 Å².